The van der Waals surface area contributed by atoms with E-state index in [1.165, 1.54) is 10.8 Å². The summed E-state index contributed by atoms with van der Waals surface area (Å²) in [4.78, 5) is 35.2. The summed E-state index contributed by atoms with van der Waals surface area (Å²) in [5.41, 5.74) is -0.840. The smallest absolute Gasteiger partial charge is 0.322 e. The van der Waals surface area contributed by atoms with Gasteiger partial charge in [0.25, 0.3) is 11.5 Å². The highest BCUT2D eigenvalue weighted by Gasteiger charge is 2.23. The zero-order chi connectivity index (χ0) is 17.1. The number of carboxylic acids is 1. The molecule has 0 spiro atoms. The maximum Gasteiger partial charge on any atom is 0.322 e. The number of hydrogen-bond acceptors (Lipinski definition) is 5. The fourth-order valence-electron chi connectivity index (χ4n) is 2.15. The van der Waals surface area contributed by atoms with Crippen LogP contribution in [0, 0.1) is 5.92 Å². The zero-order valence-corrected chi connectivity index (χ0v) is 12.8. The van der Waals surface area contributed by atoms with E-state index in [2.05, 4.69) is 10.4 Å². The molecule has 0 aliphatic carbocycles. The molecule has 2 aromatic heterocycles. The molecule has 0 atom stereocenters. The van der Waals surface area contributed by atoms with Crippen LogP contribution in [-0.4, -0.2) is 42.8 Å². The van der Waals surface area contributed by atoms with Crippen LogP contribution in [0.15, 0.2) is 17.1 Å². The number of carbonyl (C=O) groups excluding carboxylic acids is 1. The summed E-state index contributed by atoms with van der Waals surface area (Å²) in [6.45, 7) is 3.70. The summed E-state index contributed by atoms with van der Waals surface area (Å²) in [5, 5.41) is 24.7. The molecule has 0 aliphatic rings. The van der Waals surface area contributed by atoms with Gasteiger partial charge in [0.1, 0.15) is 12.2 Å². The summed E-state index contributed by atoms with van der Waals surface area (Å²) in [7, 11) is 0. The fraction of sp³-hybridized carbons (Fsp3) is 0.429. The third-order valence-electron chi connectivity index (χ3n) is 3.34. The fourth-order valence-corrected chi connectivity index (χ4v) is 2.15. The quantitative estimate of drug-likeness (QED) is 0.690. The van der Waals surface area contributed by atoms with Crippen molar-refractivity contribution in [2.75, 3.05) is 6.54 Å². The molecule has 0 radical (unpaired) electrons. The van der Waals surface area contributed by atoms with E-state index in [1.807, 2.05) is 13.8 Å². The predicted octanol–water partition coefficient (Wildman–Crippen LogP) is 0.0621. The monoisotopic (exact) mass is 322 g/mol. The highest BCUT2D eigenvalue weighted by atomic mass is 16.4. The number of fused-ring (bicyclic) bond motifs is 1. The number of aromatic hydroxyl groups is 1. The van der Waals surface area contributed by atoms with Gasteiger partial charge in [-0.15, -0.1) is 0 Å². The van der Waals surface area contributed by atoms with Crippen LogP contribution >= 0.6 is 0 Å². The Balaban J connectivity index is 2.53. The Bertz CT molecular complexity index is 805. The predicted molar refractivity (Wildman–Crippen MR) is 80.5 cm³/mol. The third kappa shape index (κ3) is 3.33. The average Bonchev–Trinajstić information content (AvgIpc) is 2.94. The third-order valence-corrected chi connectivity index (χ3v) is 3.34. The lowest BCUT2D eigenvalue weighted by Crippen LogP contribution is -2.36. The molecule has 2 rings (SSSR count). The highest BCUT2D eigenvalue weighted by molar-refractivity contribution is 5.97. The van der Waals surface area contributed by atoms with Gasteiger partial charge in [0.15, 0.2) is 5.56 Å². The lowest BCUT2D eigenvalue weighted by atomic mass is 10.1. The van der Waals surface area contributed by atoms with Crippen LogP contribution in [0.3, 0.4) is 0 Å². The molecule has 0 bridgehead atoms. The number of nitrogens with one attached hydrogen (secondary N) is 1. The van der Waals surface area contributed by atoms with E-state index in [9.17, 15) is 19.5 Å². The summed E-state index contributed by atoms with van der Waals surface area (Å²) < 4.78 is 2.43. The topological polar surface area (TPSA) is 126 Å². The number of hydrogen-bond donors (Lipinski definition) is 3. The van der Waals surface area contributed by atoms with Gasteiger partial charge in [0.2, 0.25) is 5.88 Å². The first-order valence-corrected chi connectivity index (χ1v) is 7.12. The molecule has 9 heteroatoms. The number of rotatable bonds is 6. The molecule has 0 aliphatic heterocycles. The van der Waals surface area contributed by atoms with Crippen LogP contribution in [-0.2, 0) is 11.3 Å². The van der Waals surface area contributed by atoms with Crippen molar-refractivity contribution in [1.29, 1.82) is 0 Å². The van der Waals surface area contributed by atoms with E-state index in [0.29, 0.717) is 24.5 Å². The Kier molecular flexibility index (Phi) is 4.68. The van der Waals surface area contributed by atoms with Gasteiger partial charge in [0, 0.05) is 12.6 Å². The largest absolute Gasteiger partial charge is 0.492 e. The van der Waals surface area contributed by atoms with Crippen molar-refractivity contribution < 1.29 is 19.8 Å². The Morgan fingerprint density at radius 2 is 2.09 bits per heavy atom. The number of aromatic nitrogens is 3. The molecule has 3 N–H and O–H groups in total. The summed E-state index contributed by atoms with van der Waals surface area (Å²) in [5.74, 6) is -2.48. The standard InChI is InChI=1S/C14H18N4O5/c1-8(2)4-6-17-9-3-5-16-18(9)14(23)11(13(17)22)12(21)15-7-10(19)20/h3,5,8,23H,4,6-7H2,1-2H3,(H,15,21)(H,19,20). The van der Waals surface area contributed by atoms with Crippen molar-refractivity contribution >= 4 is 17.5 Å². The maximum absolute atomic E-state index is 12.6. The van der Waals surface area contributed by atoms with E-state index in [4.69, 9.17) is 5.11 Å². The van der Waals surface area contributed by atoms with Gasteiger partial charge in [-0.1, -0.05) is 13.8 Å². The van der Waals surface area contributed by atoms with E-state index in [-0.39, 0.29) is 0 Å². The molecular formula is C14H18N4O5. The van der Waals surface area contributed by atoms with Gasteiger partial charge >= 0.3 is 5.97 Å². The van der Waals surface area contributed by atoms with Crippen LogP contribution in [0.1, 0.15) is 30.6 Å². The average molecular weight is 322 g/mol. The second-order valence-electron chi connectivity index (χ2n) is 5.52. The molecule has 2 aromatic rings. The molecule has 2 heterocycles. The summed E-state index contributed by atoms with van der Waals surface area (Å²) in [6.07, 6.45) is 2.10. The van der Waals surface area contributed by atoms with E-state index >= 15 is 0 Å². The number of carboxylic acid groups (broad SMARTS) is 1. The molecule has 0 saturated heterocycles. The molecule has 124 valence electrons. The summed E-state index contributed by atoms with van der Waals surface area (Å²) in [6, 6.07) is 1.56. The molecule has 0 fully saturated rings. The zero-order valence-electron chi connectivity index (χ0n) is 12.8. The minimum Gasteiger partial charge on any atom is -0.492 e. The van der Waals surface area contributed by atoms with Gasteiger partial charge in [0.05, 0.1) is 6.20 Å². The second kappa shape index (κ2) is 6.51. The highest BCUT2D eigenvalue weighted by Crippen LogP contribution is 2.16. The number of carbonyl (C=O) groups is 2. The van der Waals surface area contributed by atoms with Crippen molar-refractivity contribution in [3.05, 3.63) is 28.2 Å². The van der Waals surface area contributed by atoms with Gasteiger partial charge in [-0.25, -0.2) is 0 Å². The Morgan fingerprint density at radius 3 is 2.70 bits per heavy atom. The van der Waals surface area contributed by atoms with Crippen molar-refractivity contribution in [2.45, 2.75) is 26.8 Å². The van der Waals surface area contributed by atoms with Crippen LogP contribution in [0.5, 0.6) is 5.88 Å². The minimum absolute atomic E-state index is 0.336. The van der Waals surface area contributed by atoms with Gasteiger partial charge in [-0.05, 0) is 12.3 Å². The lowest BCUT2D eigenvalue weighted by molar-refractivity contribution is -0.135. The number of aryl methyl sites for hydroxylation is 1. The molecular weight excluding hydrogens is 304 g/mol. The van der Waals surface area contributed by atoms with E-state index in [1.54, 1.807) is 6.07 Å². The molecule has 0 aromatic carbocycles. The normalized spacial score (nSPS) is 11.1. The SMILES string of the molecule is CC(C)CCn1c(=O)c(C(=O)NCC(=O)O)c(O)n2nccc12. The van der Waals surface area contributed by atoms with E-state index < -0.39 is 35.4 Å². The van der Waals surface area contributed by atoms with Gasteiger partial charge in [-0.3, -0.25) is 19.0 Å². The van der Waals surface area contributed by atoms with Crippen molar-refractivity contribution in [1.82, 2.24) is 19.5 Å². The van der Waals surface area contributed by atoms with Crippen LogP contribution in [0.2, 0.25) is 0 Å². The first-order chi connectivity index (χ1) is 10.8. The molecule has 1 amide bonds. The van der Waals surface area contributed by atoms with Crippen LogP contribution < -0.4 is 10.9 Å². The first-order valence-electron chi connectivity index (χ1n) is 7.12. The van der Waals surface area contributed by atoms with Gasteiger partial charge < -0.3 is 15.5 Å². The van der Waals surface area contributed by atoms with Crippen LogP contribution in [0.4, 0.5) is 0 Å². The number of amides is 1. The number of aliphatic carboxylic acids is 1. The van der Waals surface area contributed by atoms with E-state index in [0.717, 1.165) is 4.52 Å². The first kappa shape index (κ1) is 16.5. The molecule has 0 saturated carbocycles. The Labute approximate surface area is 131 Å². The Morgan fingerprint density at radius 1 is 1.39 bits per heavy atom. The molecule has 23 heavy (non-hydrogen) atoms. The Hall–Kier alpha value is -2.84. The summed E-state index contributed by atoms with van der Waals surface area (Å²) >= 11 is 0. The molecule has 9 nitrogen and oxygen atoms in total. The van der Waals surface area contributed by atoms with Crippen LogP contribution in [0.25, 0.3) is 5.65 Å². The van der Waals surface area contributed by atoms with Crippen molar-refractivity contribution in [3.63, 3.8) is 0 Å². The van der Waals surface area contributed by atoms with Gasteiger partial charge in [-0.2, -0.15) is 9.61 Å². The number of nitrogens with zero attached hydrogens (tertiary/aromatic N) is 3. The lowest BCUT2D eigenvalue weighted by Gasteiger charge is -2.13. The van der Waals surface area contributed by atoms with Crippen molar-refractivity contribution in [3.8, 4) is 5.88 Å². The minimum atomic E-state index is -1.25. The van der Waals surface area contributed by atoms with Crippen molar-refractivity contribution in [2.24, 2.45) is 5.92 Å². The molecule has 0 unspecified atom stereocenters. The second-order valence-corrected chi connectivity index (χ2v) is 5.52. The maximum atomic E-state index is 12.6.